The maximum Gasteiger partial charge on any atom is 0.0119 e. The van der Waals surface area contributed by atoms with Crippen molar-refractivity contribution >= 4 is 0 Å². The Morgan fingerprint density at radius 1 is 0.952 bits per heavy atom. The van der Waals surface area contributed by atoms with Crippen LogP contribution in [0.5, 0.6) is 0 Å². The molecule has 0 aromatic rings. The molecule has 21 heavy (non-hydrogen) atoms. The van der Waals surface area contributed by atoms with E-state index in [2.05, 4.69) is 42.5 Å². The van der Waals surface area contributed by atoms with Gasteiger partial charge in [0.05, 0.1) is 0 Å². The van der Waals surface area contributed by atoms with E-state index >= 15 is 0 Å². The first-order valence-corrected chi connectivity index (χ1v) is 9.26. The summed E-state index contributed by atoms with van der Waals surface area (Å²) in [6.45, 7) is 14.9. The van der Waals surface area contributed by atoms with Crippen molar-refractivity contribution < 1.29 is 0 Å². The van der Waals surface area contributed by atoms with Crippen LogP contribution in [0.3, 0.4) is 0 Å². The van der Waals surface area contributed by atoms with Gasteiger partial charge in [0, 0.05) is 18.6 Å². The fourth-order valence-electron chi connectivity index (χ4n) is 4.00. The summed E-state index contributed by atoms with van der Waals surface area (Å²) in [5.74, 6) is 0.956. The Balaban J connectivity index is 1.65. The fourth-order valence-corrected chi connectivity index (χ4v) is 4.00. The minimum Gasteiger partial charge on any atom is -0.303 e. The predicted molar refractivity (Wildman–Crippen MR) is 91.8 cm³/mol. The highest BCUT2D eigenvalue weighted by Gasteiger charge is 2.26. The zero-order valence-electron chi connectivity index (χ0n) is 14.9. The van der Waals surface area contributed by atoms with Crippen LogP contribution >= 0.6 is 0 Å². The molecule has 0 aromatic carbocycles. The highest BCUT2D eigenvalue weighted by molar-refractivity contribution is 4.82. The lowest BCUT2D eigenvalue weighted by Gasteiger charge is -2.40. The second-order valence-electron chi connectivity index (χ2n) is 7.58. The summed E-state index contributed by atoms with van der Waals surface area (Å²) < 4.78 is 0. The van der Waals surface area contributed by atoms with Gasteiger partial charge in [0.1, 0.15) is 0 Å². The van der Waals surface area contributed by atoms with E-state index in [0.717, 1.165) is 12.0 Å². The minimum absolute atomic E-state index is 0.685. The standard InChI is InChI=1S/C18H37N3/c1-5-10-20-11-6-17(7-12-20)15-21-13-8-18(9-14-21)19(4)16(2)3/h16-18H,5-15H2,1-4H3. The van der Waals surface area contributed by atoms with E-state index in [1.54, 1.807) is 0 Å². The van der Waals surface area contributed by atoms with Crippen molar-refractivity contribution in [1.29, 1.82) is 0 Å². The van der Waals surface area contributed by atoms with Gasteiger partial charge in [-0.15, -0.1) is 0 Å². The normalized spacial score (nSPS) is 24.3. The first-order chi connectivity index (χ1) is 10.1. The van der Waals surface area contributed by atoms with Crippen LogP contribution in [0.15, 0.2) is 0 Å². The highest BCUT2D eigenvalue weighted by atomic mass is 15.2. The average Bonchev–Trinajstić information content (AvgIpc) is 2.49. The highest BCUT2D eigenvalue weighted by Crippen LogP contribution is 2.22. The van der Waals surface area contributed by atoms with Gasteiger partial charge in [-0.3, -0.25) is 0 Å². The van der Waals surface area contributed by atoms with Crippen molar-refractivity contribution in [3.63, 3.8) is 0 Å². The number of rotatable bonds is 6. The first kappa shape index (κ1) is 17.2. The Morgan fingerprint density at radius 3 is 2.05 bits per heavy atom. The third kappa shape index (κ3) is 5.22. The first-order valence-electron chi connectivity index (χ1n) is 9.26. The van der Waals surface area contributed by atoms with Crippen LogP contribution in [0.1, 0.15) is 52.9 Å². The molecule has 2 saturated heterocycles. The molecule has 124 valence electrons. The zero-order chi connectivity index (χ0) is 15.2. The third-order valence-electron chi connectivity index (χ3n) is 5.71. The molecule has 0 bridgehead atoms. The summed E-state index contributed by atoms with van der Waals surface area (Å²) in [4.78, 5) is 7.96. The summed E-state index contributed by atoms with van der Waals surface area (Å²) in [5.41, 5.74) is 0. The van der Waals surface area contributed by atoms with E-state index in [1.165, 1.54) is 71.4 Å². The molecule has 0 aliphatic carbocycles. The maximum atomic E-state index is 2.74. The van der Waals surface area contributed by atoms with Gasteiger partial charge in [0.2, 0.25) is 0 Å². The summed E-state index contributed by atoms with van der Waals surface area (Å²) in [5, 5.41) is 0. The van der Waals surface area contributed by atoms with Gasteiger partial charge in [-0.25, -0.2) is 0 Å². The Bertz CT molecular complexity index is 276. The molecule has 0 unspecified atom stereocenters. The monoisotopic (exact) mass is 295 g/mol. The van der Waals surface area contributed by atoms with Crippen molar-refractivity contribution in [2.45, 2.75) is 65.0 Å². The molecule has 2 heterocycles. The molecule has 0 radical (unpaired) electrons. The quantitative estimate of drug-likeness (QED) is 0.746. The van der Waals surface area contributed by atoms with Gasteiger partial charge in [-0.2, -0.15) is 0 Å². The molecule has 0 N–H and O–H groups in total. The number of hydrogen-bond donors (Lipinski definition) is 0. The van der Waals surface area contributed by atoms with Gasteiger partial charge in [0.15, 0.2) is 0 Å². The summed E-state index contributed by atoms with van der Waals surface area (Å²) in [7, 11) is 2.30. The van der Waals surface area contributed by atoms with E-state index in [-0.39, 0.29) is 0 Å². The number of nitrogens with zero attached hydrogens (tertiary/aromatic N) is 3. The Hall–Kier alpha value is -0.120. The smallest absolute Gasteiger partial charge is 0.0119 e. The summed E-state index contributed by atoms with van der Waals surface area (Å²) >= 11 is 0. The molecule has 0 aromatic heterocycles. The lowest BCUT2D eigenvalue weighted by Crippen LogP contribution is -2.47. The van der Waals surface area contributed by atoms with Crippen LogP contribution in [-0.2, 0) is 0 Å². The van der Waals surface area contributed by atoms with Crippen LogP contribution in [0.25, 0.3) is 0 Å². The SMILES string of the molecule is CCCN1CCC(CN2CCC(N(C)C(C)C)CC2)CC1. The fraction of sp³-hybridized carbons (Fsp3) is 1.00. The number of hydrogen-bond acceptors (Lipinski definition) is 3. The van der Waals surface area contributed by atoms with Gasteiger partial charge < -0.3 is 14.7 Å². The minimum atomic E-state index is 0.685. The third-order valence-corrected chi connectivity index (χ3v) is 5.71. The molecule has 2 aliphatic rings. The van der Waals surface area contributed by atoms with Gasteiger partial charge >= 0.3 is 0 Å². The molecule has 0 amide bonds. The number of likely N-dealkylation sites (tertiary alicyclic amines) is 2. The second kappa shape index (κ2) is 8.50. The lowest BCUT2D eigenvalue weighted by molar-refractivity contribution is 0.0843. The summed E-state index contributed by atoms with van der Waals surface area (Å²) in [6, 6.07) is 1.50. The second-order valence-corrected chi connectivity index (χ2v) is 7.58. The van der Waals surface area contributed by atoms with Crippen LogP contribution in [0, 0.1) is 5.92 Å². The molecule has 2 aliphatic heterocycles. The molecule has 0 saturated carbocycles. The van der Waals surface area contributed by atoms with Crippen molar-refractivity contribution in [3.05, 3.63) is 0 Å². The average molecular weight is 296 g/mol. The molecule has 2 fully saturated rings. The van der Waals surface area contributed by atoms with Crippen molar-refractivity contribution in [3.8, 4) is 0 Å². The zero-order valence-corrected chi connectivity index (χ0v) is 14.9. The Morgan fingerprint density at radius 2 is 1.52 bits per heavy atom. The van der Waals surface area contributed by atoms with Crippen LogP contribution in [0.2, 0.25) is 0 Å². The van der Waals surface area contributed by atoms with E-state index in [4.69, 9.17) is 0 Å². The van der Waals surface area contributed by atoms with Gasteiger partial charge in [-0.05, 0) is 91.6 Å². The van der Waals surface area contributed by atoms with E-state index in [0.29, 0.717) is 6.04 Å². The topological polar surface area (TPSA) is 9.72 Å². The van der Waals surface area contributed by atoms with E-state index in [1.807, 2.05) is 0 Å². The lowest BCUT2D eigenvalue weighted by atomic mass is 9.94. The van der Waals surface area contributed by atoms with Crippen molar-refractivity contribution in [2.24, 2.45) is 5.92 Å². The van der Waals surface area contributed by atoms with Crippen LogP contribution in [0.4, 0.5) is 0 Å². The molecule has 0 spiro atoms. The van der Waals surface area contributed by atoms with E-state index < -0.39 is 0 Å². The molecule has 0 atom stereocenters. The number of piperidine rings is 2. The predicted octanol–water partition coefficient (Wildman–Crippen LogP) is 2.91. The van der Waals surface area contributed by atoms with Crippen molar-refractivity contribution in [1.82, 2.24) is 14.7 Å². The van der Waals surface area contributed by atoms with Gasteiger partial charge in [-0.1, -0.05) is 6.92 Å². The molecule has 2 rings (SSSR count). The molecule has 3 nitrogen and oxygen atoms in total. The molecular formula is C18H37N3. The Kier molecular flexibility index (Phi) is 6.97. The molecular weight excluding hydrogens is 258 g/mol. The van der Waals surface area contributed by atoms with Crippen LogP contribution < -0.4 is 0 Å². The van der Waals surface area contributed by atoms with Crippen molar-refractivity contribution in [2.75, 3.05) is 46.3 Å². The van der Waals surface area contributed by atoms with Crippen LogP contribution in [-0.4, -0.2) is 73.1 Å². The van der Waals surface area contributed by atoms with Gasteiger partial charge in [0.25, 0.3) is 0 Å². The molecule has 3 heteroatoms. The Labute approximate surface area is 132 Å². The van der Waals surface area contributed by atoms with E-state index in [9.17, 15) is 0 Å². The largest absolute Gasteiger partial charge is 0.303 e. The summed E-state index contributed by atoms with van der Waals surface area (Å²) in [6.07, 6.45) is 6.88. The maximum absolute atomic E-state index is 2.74.